The van der Waals surface area contributed by atoms with E-state index in [4.69, 9.17) is 5.84 Å². The molecule has 19 heavy (non-hydrogen) atoms. The monoisotopic (exact) mass is 259 g/mol. The van der Waals surface area contributed by atoms with Gasteiger partial charge in [-0.1, -0.05) is 32.4 Å². The summed E-state index contributed by atoms with van der Waals surface area (Å²) < 4.78 is 0. The van der Waals surface area contributed by atoms with E-state index >= 15 is 0 Å². The minimum absolute atomic E-state index is 0.342. The lowest BCUT2D eigenvalue weighted by molar-refractivity contribution is 0.494. The van der Waals surface area contributed by atoms with Crippen LogP contribution in [0.2, 0.25) is 0 Å². The summed E-state index contributed by atoms with van der Waals surface area (Å²) in [4.78, 5) is 8.76. The number of fused-ring (bicyclic) bond motifs is 1. The highest BCUT2D eigenvalue weighted by molar-refractivity contribution is 5.90. The number of benzene rings is 1. The zero-order chi connectivity index (χ0) is 13.8. The maximum absolute atomic E-state index is 5.42. The van der Waals surface area contributed by atoms with Crippen LogP contribution in [0.1, 0.15) is 27.2 Å². The van der Waals surface area contributed by atoms with Crippen molar-refractivity contribution in [2.75, 3.05) is 10.7 Å². The summed E-state index contributed by atoms with van der Waals surface area (Å²) in [5, 5.41) is 4.47. The molecule has 1 aromatic carbocycles. The third-order valence-electron chi connectivity index (χ3n) is 3.59. The van der Waals surface area contributed by atoms with Gasteiger partial charge in [-0.15, -0.1) is 0 Å². The molecule has 0 saturated heterocycles. The van der Waals surface area contributed by atoms with Gasteiger partial charge in [0.05, 0.1) is 5.52 Å². The van der Waals surface area contributed by atoms with Crippen molar-refractivity contribution < 1.29 is 0 Å². The number of anilines is 2. The highest BCUT2D eigenvalue weighted by Crippen LogP contribution is 2.23. The number of nitrogens with zero attached hydrogens (tertiary/aromatic N) is 2. The second-order valence-corrected chi connectivity index (χ2v) is 4.88. The molecule has 2 aromatic rings. The predicted molar refractivity (Wildman–Crippen MR) is 79.9 cm³/mol. The number of hydrazine groups is 1. The van der Waals surface area contributed by atoms with E-state index in [1.165, 1.54) is 0 Å². The topological polar surface area (TPSA) is 75.9 Å². The van der Waals surface area contributed by atoms with Crippen LogP contribution in [0, 0.1) is 5.92 Å². The van der Waals surface area contributed by atoms with Crippen LogP contribution < -0.4 is 16.6 Å². The Labute approximate surface area is 113 Å². The van der Waals surface area contributed by atoms with E-state index in [-0.39, 0.29) is 0 Å². The number of nitrogens with two attached hydrogens (primary N) is 1. The zero-order valence-electron chi connectivity index (χ0n) is 11.6. The molecule has 0 saturated carbocycles. The van der Waals surface area contributed by atoms with E-state index in [1.54, 1.807) is 0 Å². The van der Waals surface area contributed by atoms with Crippen molar-refractivity contribution in [1.29, 1.82) is 0 Å². The van der Waals surface area contributed by atoms with Crippen LogP contribution >= 0.6 is 0 Å². The number of rotatable bonds is 5. The Morgan fingerprint density at radius 1 is 1.21 bits per heavy atom. The molecule has 0 spiro atoms. The van der Waals surface area contributed by atoms with Gasteiger partial charge in [-0.3, -0.25) is 5.43 Å². The van der Waals surface area contributed by atoms with Crippen LogP contribution in [0.25, 0.3) is 10.9 Å². The van der Waals surface area contributed by atoms with Crippen LogP contribution in [0.4, 0.5) is 11.8 Å². The number of aromatic nitrogens is 2. The molecule has 2 rings (SSSR count). The third-order valence-corrected chi connectivity index (χ3v) is 3.59. The largest absolute Gasteiger partial charge is 0.367 e. The standard InChI is InChI=1S/C14H21N5/c1-4-9(2)10(3)16-13-11-7-5-6-8-12(11)17-14(18-13)19-15/h5-10H,4,15H2,1-3H3,(H2,16,17,18,19). The maximum atomic E-state index is 5.42. The molecular weight excluding hydrogens is 238 g/mol. The Balaban J connectivity index is 2.40. The quantitative estimate of drug-likeness (QED) is 0.568. The Morgan fingerprint density at radius 3 is 2.63 bits per heavy atom. The van der Waals surface area contributed by atoms with Gasteiger partial charge in [0.25, 0.3) is 0 Å². The molecule has 0 bridgehead atoms. The van der Waals surface area contributed by atoms with E-state index in [2.05, 4.69) is 41.5 Å². The molecule has 0 amide bonds. The number of nitrogen functional groups attached to an aromatic ring is 1. The summed E-state index contributed by atoms with van der Waals surface area (Å²) in [6.07, 6.45) is 1.12. The van der Waals surface area contributed by atoms with Crippen molar-refractivity contribution in [2.45, 2.75) is 33.2 Å². The summed E-state index contributed by atoms with van der Waals surface area (Å²) in [7, 11) is 0. The van der Waals surface area contributed by atoms with Gasteiger partial charge >= 0.3 is 0 Å². The van der Waals surface area contributed by atoms with Crippen molar-refractivity contribution >= 4 is 22.7 Å². The molecule has 0 aliphatic heterocycles. The average Bonchev–Trinajstić information content (AvgIpc) is 2.46. The summed E-state index contributed by atoms with van der Waals surface area (Å²) in [5.74, 6) is 7.25. The Hall–Kier alpha value is -1.88. The molecule has 102 valence electrons. The van der Waals surface area contributed by atoms with Crippen LogP contribution in [0.5, 0.6) is 0 Å². The van der Waals surface area contributed by atoms with Crippen molar-refractivity contribution in [1.82, 2.24) is 9.97 Å². The van der Waals surface area contributed by atoms with E-state index in [0.29, 0.717) is 17.9 Å². The lowest BCUT2D eigenvalue weighted by Gasteiger charge is -2.21. The molecule has 0 radical (unpaired) electrons. The van der Waals surface area contributed by atoms with Crippen LogP contribution in [-0.2, 0) is 0 Å². The number of hydrogen-bond donors (Lipinski definition) is 3. The second kappa shape index (κ2) is 5.84. The number of nitrogens with one attached hydrogen (secondary N) is 2. The van der Waals surface area contributed by atoms with Gasteiger partial charge in [0.15, 0.2) is 0 Å². The lowest BCUT2D eigenvalue weighted by atomic mass is 10.0. The maximum Gasteiger partial charge on any atom is 0.239 e. The average molecular weight is 259 g/mol. The highest BCUT2D eigenvalue weighted by Gasteiger charge is 2.13. The molecule has 5 nitrogen and oxygen atoms in total. The first-order valence-electron chi connectivity index (χ1n) is 6.65. The van der Waals surface area contributed by atoms with Gasteiger partial charge in [0.2, 0.25) is 5.95 Å². The number of para-hydroxylation sites is 1. The molecule has 1 aromatic heterocycles. The fraction of sp³-hybridized carbons (Fsp3) is 0.429. The summed E-state index contributed by atoms with van der Waals surface area (Å²) in [6, 6.07) is 8.25. The molecule has 5 heteroatoms. The molecule has 0 fully saturated rings. The van der Waals surface area contributed by atoms with Gasteiger partial charge in [0.1, 0.15) is 5.82 Å². The predicted octanol–water partition coefficient (Wildman–Crippen LogP) is 2.76. The van der Waals surface area contributed by atoms with Crippen LogP contribution in [-0.4, -0.2) is 16.0 Å². The van der Waals surface area contributed by atoms with Gasteiger partial charge < -0.3 is 5.32 Å². The highest BCUT2D eigenvalue weighted by atomic mass is 15.3. The fourth-order valence-corrected chi connectivity index (χ4v) is 1.96. The molecule has 0 aliphatic rings. The number of hydrogen-bond acceptors (Lipinski definition) is 5. The molecule has 2 atom stereocenters. The Kier molecular flexibility index (Phi) is 4.16. The molecule has 1 heterocycles. The minimum atomic E-state index is 0.342. The summed E-state index contributed by atoms with van der Waals surface area (Å²) >= 11 is 0. The van der Waals surface area contributed by atoms with E-state index in [0.717, 1.165) is 23.1 Å². The normalized spacial score (nSPS) is 14.1. The molecule has 4 N–H and O–H groups in total. The molecule has 0 aliphatic carbocycles. The smallest absolute Gasteiger partial charge is 0.239 e. The zero-order valence-corrected chi connectivity index (χ0v) is 11.6. The van der Waals surface area contributed by atoms with Crippen molar-refractivity contribution in [2.24, 2.45) is 11.8 Å². The third kappa shape index (κ3) is 2.93. The van der Waals surface area contributed by atoms with Gasteiger partial charge in [-0.05, 0) is 25.0 Å². The fourth-order valence-electron chi connectivity index (χ4n) is 1.96. The first-order chi connectivity index (χ1) is 9.15. The van der Waals surface area contributed by atoms with Gasteiger partial charge in [-0.25, -0.2) is 10.8 Å². The van der Waals surface area contributed by atoms with Gasteiger partial charge in [-0.2, -0.15) is 4.98 Å². The summed E-state index contributed by atoms with van der Waals surface area (Å²) in [6.45, 7) is 6.58. The first kappa shape index (κ1) is 13.5. The van der Waals surface area contributed by atoms with Crippen LogP contribution in [0.3, 0.4) is 0 Å². The first-order valence-corrected chi connectivity index (χ1v) is 6.65. The van der Waals surface area contributed by atoms with Crippen molar-refractivity contribution in [3.05, 3.63) is 24.3 Å². The van der Waals surface area contributed by atoms with Gasteiger partial charge in [0, 0.05) is 11.4 Å². The Morgan fingerprint density at radius 2 is 1.95 bits per heavy atom. The van der Waals surface area contributed by atoms with E-state index < -0.39 is 0 Å². The molecular formula is C14H21N5. The Bertz CT molecular complexity index is 555. The van der Waals surface area contributed by atoms with Crippen molar-refractivity contribution in [3.8, 4) is 0 Å². The van der Waals surface area contributed by atoms with Crippen LogP contribution in [0.15, 0.2) is 24.3 Å². The van der Waals surface area contributed by atoms with E-state index in [9.17, 15) is 0 Å². The SMILES string of the molecule is CCC(C)C(C)Nc1nc(NN)nc2ccccc12. The second-order valence-electron chi connectivity index (χ2n) is 4.88. The summed E-state index contributed by atoms with van der Waals surface area (Å²) in [5.41, 5.74) is 3.39. The lowest BCUT2D eigenvalue weighted by Crippen LogP contribution is -2.24. The molecule has 2 unspecified atom stereocenters. The van der Waals surface area contributed by atoms with E-state index in [1.807, 2.05) is 24.3 Å². The minimum Gasteiger partial charge on any atom is -0.367 e. The van der Waals surface area contributed by atoms with Crippen molar-refractivity contribution in [3.63, 3.8) is 0 Å².